The standard InChI is InChI=1S/C36H48N6O7S2/c1-3-30-24(2)33(32(36(47)48)42(30)23-43)51-28-20-29(39-22-28)35(46)40-27-12-6-11-26(19-27)34(45)41-50-18-8-13-31(44)38-15-17-49-16-5-4-9-25-10-7-14-37-21-25/h6-7,10-12,14,19,21,23-24,28-30,39H,3-5,8-9,13,15-18,20,22H2,1-2H3,(H,38,44)(H,40,46)(H,41,45)(H,47,48)/t24-,28+,29+,30?/m1/s1. The van der Waals surface area contributed by atoms with E-state index < -0.39 is 12.0 Å². The highest BCUT2D eigenvalue weighted by molar-refractivity contribution is 8.03. The number of nitrogens with zero attached hydrogens (tertiary/aromatic N) is 2. The summed E-state index contributed by atoms with van der Waals surface area (Å²) in [5, 5.41) is 18.7. The van der Waals surface area contributed by atoms with Gasteiger partial charge in [0.05, 0.1) is 12.6 Å². The van der Waals surface area contributed by atoms with E-state index in [-0.39, 0.29) is 40.6 Å². The number of aryl methyl sites for hydroxylation is 1. The Kier molecular flexibility index (Phi) is 16.3. The summed E-state index contributed by atoms with van der Waals surface area (Å²) < 4.78 is 8.39. The van der Waals surface area contributed by atoms with Gasteiger partial charge >= 0.3 is 5.97 Å². The number of amides is 4. The first-order chi connectivity index (χ1) is 24.7. The first-order valence-electron chi connectivity index (χ1n) is 17.4. The van der Waals surface area contributed by atoms with E-state index in [0.29, 0.717) is 80.3 Å². The first-order valence-corrected chi connectivity index (χ1v) is 19.3. The molecule has 1 fully saturated rings. The summed E-state index contributed by atoms with van der Waals surface area (Å²) in [6.45, 7) is 5.95. The summed E-state index contributed by atoms with van der Waals surface area (Å²) in [5.74, 6) is -1.30. The molecule has 2 aromatic rings. The number of thioether (sulfide) groups is 1. The second kappa shape index (κ2) is 20.8. The molecule has 4 amide bonds. The molecule has 51 heavy (non-hydrogen) atoms. The molecule has 2 aliphatic heterocycles. The Labute approximate surface area is 307 Å². The summed E-state index contributed by atoms with van der Waals surface area (Å²) >= 11 is 2.65. The Balaban J connectivity index is 1.09. The average molecular weight is 741 g/mol. The number of rotatable bonds is 21. The maximum atomic E-state index is 13.1. The van der Waals surface area contributed by atoms with Crippen LogP contribution in [-0.4, -0.2) is 94.5 Å². The van der Waals surface area contributed by atoms with Crippen LogP contribution in [0.4, 0.5) is 5.69 Å². The lowest BCUT2D eigenvalue weighted by atomic mass is 10.0. The molecule has 2 aliphatic rings. The van der Waals surface area contributed by atoms with Gasteiger partial charge in [0.15, 0.2) is 0 Å². The third kappa shape index (κ3) is 12.1. The second-order valence-corrected chi connectivity index (χ2v) is 14.7. The van der Waals surface area contributed by atoms with Gasteiger partial charge < -0.3 is 30.7 Å². The highest BCUT2D eigenvalue weighted by Gasteiger charge is 2.42. The topological polar surface area (TPSA) is 179 Å². The van der Waals surface area contributed by atoms with Crippen LogP contribution in [0.15, 0.2) is 59.4 Å². The molecule has 4 rings (SSSR count). The van der Waals surface area contributed by atoms with Crippen LogP contribution in [0.25, 0.3) is 0 Å². The van der Waals surface area contributed by atoms with Gasteiger partial charge in [-0.05, 0) is 68.4 Å². The lowest BCUT2D eigenvalue weighted by molar-refractivity contribution is -0.136. The predicted molar refractivity (Wildman–Crippen MR) is 199 cm³/mol. The molecule has 0 spiro atoms. The number of carbonyl (C=O) groups excluding carboxylic acids is 4. The zero-order valence-electron chi connectivity index (χ0n) is 29.1. The maximum absolute atomic E-state index is 13.1. The molecule has 0 radical (unpaired) electrons. The van der Waals surface area contributed by atoms with E-state index in [1.165, 1.54) is 34.2 Å². The molecule has 0 aliphatic carbocycles. The molecule has 1 unspecified atom stereocenters. The molecule has 1 aromatic heterocycles. The minimum atomic E-state index is -1.13. The molecule has 1 saturated heterocycles. The Morgan fingerprint density at radius 2 is 1.98 bits per heavy atom. The van der Waals surface area contributed by atoms with E-state index in [1.54, 1.807) is 30.5 Å². The van der Waals surface area contributed by atoms with Crippen molar-refractivity contribution >= 4 is 59.5 Å². The Bertz CT molecular complexity index is 1530. The van der Waals surface area contributed by atoms with E-state index in [2.05, 4.69) is 31.7 Å². The fourth-order valence-corrected chi connectivity index (χ4v) is 8.28. The van der Waals surface area contributed by atoms with Crippen molar-refractivity contribution in [3.05, 3.63) is 70.5 Å². The average Bonchev–Trinajstić information content (AvgIpc) is 3.71. The SMILES string of the molecule is CCC1[C@@H](C)C(S[C@@H]2CN[C@H](C(=O)Nc3cccc(C(=O)NSCCCC(=O)NCCOCCCCc4cccnc4)c3)C2)=C(C(=O)O)N1C=O. The van der Waals surface area contributed by atoms with E-state index >= 15 is 0 Å². The lowest BCUT2D eigenvalue weighted by Crippen LogP contribution is -2.35. The number of nitrogens with one attached hydrogen (secondary N) is 4. The molecule has 3 heterocycles. The number of hydrogen-bond acceptors (Lipinski definition) is 10. The molecule has 276 valence electrons. The lowest BCUT2D eigenvalue weighted by Gasteiger charge is -2.23. The largest absolute Gasteiger partial charge is 0.477 e. The number of anilines is 1. The van der Waals surface area contributed by atoms with Crippen molar-refractivity contribution in [2.45, 2.75) is 76.1 Å². The molecular formula is C36H48N6O7S2. The van der Waals surface area contributed by atoms with E-state index in [4.69, 9.17) is 4.74 Å². The minimum Gasteiger partial charge on any atom is -0.477 e. The fourth-order valence-electron chi connectivity index (χ4n) is 6.14. The van der Waals surface area contributed by atoms with Crippen LogP contribution < -0.4 is 20.7 Å². The third-order valence-electron chi connectivity index (χ3n) is 8.78. The van der Waals surface area contributed by atoms with Gasteiger partial charge in [0, 0.05) is 77.6 Å². The molecule has 0 saturated carbocycles. The van der Waals surface area contributed by atoms with Gasteiger partial charge in [0.25, 0.3) is 5.91 Å². The van der Waals surface area contributed by atoms with Crippen LogP contribution in [-0.2, 0) is 30.3 Å². The Morgan fingerprint density at radius 3 is 2.73 bits per heavy atom. The van der Waals surface area contributed by atoms with Crippen LogP contribution in [0.5, 0.6) is 0 Å². The van der Waals surface area contributed by atoms with Gasteiger partial charge in [-0.2, -0.15) is 0 Å². The monoisotopic (exact) mass is 740 g/mol. The highest BCUT2D eigenvalue weighted by Crippen LogP contribution is 2.44. The minimum absolute atomic E-state index is 0.0254. The van der Waals surface area contributed by atoms with Crippen LogP contribution in [0.1, 0.15) is 68.3 Å². The van der Waals surface area contributed by atoms with Crippen molar-refractivity contribution in [3.63, 3.8) is 0 Å². The molecule has 1 aromatic carbocycles. The number of ether oxygens (including phenoxy) is 1. The maximum Gasteiger partial charge on any atom is 0.353 e. The Hall–Kier alpha value is -3.92. The van der Waals surface area contributed by atoms with Crippen molar-refractivity contribution < 1.29 is 33.8 Å². The summed E-state index contributed by atoms with van der Waals surface area (Å²) in [7, 11) is 0. The van der Waals surface area contributed by atoms with Gasteiger partial charge in [0.2, 0.25) is 18.2 Å². The van der Waals surface area contributed by atoms with Crippen molar-refractivity contribution in [1.82, 2.24) is 25.2 Å². The normalized spacial score (nSPS) is 19.9. The van der Waals surface area contributed by atoms with Gasteiger partial charge in [-0.3, -0.25) is 28.9 Å². The molecule has 5 N–H and O–H groups in total. The van der Waals surface area contributed by atoms with Gasteiger partial charge in [0.1, 0.15) is 5.70 Å². The molecule has 15 heteroatoms. The summed E-state index contributed by atoms with van der Waals surface area (Å²) in [6, 6.07) is 9.96. The summed E-state index contributed by atoms with van der Waals surface area (Å²) in [4.78, 5) is 67.8. The number of pyridine rings is 1. The predicted octanol–water partition coefficient (Wildman–Crippen LogP) is 3.98. The molecular weight excluding hydrogens is 693 g/mol. The zero-order chi connectivity index (χ0) is 36.6. The van der Waals surface area contributed by atoms with Gasteiger partial charge in [-0.1, -0.05) is 37.9 Å². The highest BCUT2D eigenvalue weighted by atomic mass is 32.2. The third-order valence-corrected chi connectivity index (χ3v) is 11.1. The van der Waals surface area contributed by atoms with E-state index in [0.717, 1.165) is 19.3 Å². The number of unbranched alkanes of at least 4 members (excludes halogenated alkanes) is 1. The van der Waals surface area contributed by atoms with Crippen molar-refractivity contribution in [1.29, 1.82) is 0 Å². The van der Waals surface area contributed by atoms with Crippen molar-refractivity contribution in [2.24, 2.45) is 5.92 Å². The number of carboxylic acid groups (broad SMARTS) is 1. The second-order valence-electron chi connectivity index (χ2n) is 12.5. The first kappa shape index (κ1) is 39.9. The summed E-state index contributed by atoms with van der Waals surface area (Å²) in [5.41, 5.74) is 2.11. The van der Waals surface area contributed by atoms with Crippen LogP contribution >= 0.6 is 23.7 Å². The molecule has 0 bridgehead atoms. The fraction of sp³-hybridized carbons (Fsp3) is 0.500. The number of carbonyl (C=O) groups is 5. The molecule has 4 atom stereocenters. The number of benzene rings is 1. The van der Waals surface area contributed by atoms with Gasteiger partial charge in [-0.15, -0.1) is 11.8 Å². The van der Waals surface area contributed by atoms with Crippen molar-refractivity contribution in [3.8, 4) is 0 Å². The van der Waals surface area contributed by atoms with Gasteiger partial charge in [-0.25, -0.2) is 4.79 Å². The number of carboxylic acids is 1. The Morgan fingerprint density at radius 1 is 1.14 bits per heavy atom. The van der Waals surface area contributed by atoms with Crippen LogP contribution in [0.3, 0.4) is 0 Å². The number of aromatic nitrogens is 1. The van der Waals surface area contributed by atoms with E-state index in [9.17, 15) is 29.1 Å². The smallest absolute Gasteiger partial charge is 0.353 e. The molecule has 13 nitrogen and oxygen atoms in total. The zero-order valence-corrected chi connectivity index (χ0v) is 30.7. The number of hydrogen-bond donors (Lipinski definition) is 5. The number of aliphatic carboxylic acids is 1. The summed E-state index contributed by atoms with van der Waals surface area (Å²) in [6.07, 6.45) is 9.24. The van der Waals surface area contributed by atoms with Crippen LogP contribution in [0.2, 0.25) is 0 Å². The van der Waals surface area contributed by atoms with E-state index in [1.807, 2.05) is 26.1 Å². The van der Waals surface area contributed by atoms with Crippen LogP contribution in [0, 0.1) is 5.92 Å². The van der Waals surface area contributed by atoms with Crippen molar-refractivity contribution in [2.75, 3.05) is 37.4 Å². The quantitative estimate of drug-likeness (QED) is 0.0711.